The molecule has 34 heavy (non-hydrogen) atoms. The van der Waals surface area contributed by atoms with Gasteiger partial charge in [-0.15, -0.1) is 0 Å². The fourth-order valence-electron chi connectivity index (χ4n) is 3.04. The highest BCUT2D eigenvalue weighted by molar-refractivity contribution is 6.31. The number of alkyl halides is 3. The number of halogens is 4. The molecule has 6 nitrogen and oxygen atoms in total. The van der Waals surface area contributed by atoms with Gasteiger partial charge in [0.15, 0.2) is 11.9 Å². The van der Waals surface area contributed by atoms with Crippen molar-refractivity contribution in [2.24, 2.45) is 0 Å². The molecule has 1 aromatic heterocycles. The molecule has 0 amide bonds. The molecule has 0 spiro atoms. The van der Waals surface area contributed by atoms with E-state index in [2.05, 4.69) is 4.98 Å². The number of Topliss-reactive ketones (excluding diaryl/α,β-unsaturated/α-hetero) is 1. The molecule has 3 rings (SSSR count). The molecule has 0 N–H and O–H groups in total. The molecule has 2 unspecified atom stereocenters. The van der Waals surface area contributed by atoms with Gasteiger partial charge in [-0.2, -0.15) is 18.4 Å². The van der Waals surface area contributed by atoms with Crippen LogP contribution in [0.4, 0.5) is 13.2 Å². The fourth-order valence-corrected chi connectivity index (χ4v) is 3.25. The Balaban J connectivity index is 1.68. The van der Waals surface area contributed by atoms with Crippen molar-refractivity contribution in [3.05, 3.63) is 76.9 Å². The maximum Gasteiger partial charge on any atom is 0.417 e. The van der Waals surface area contributed by atoms with E-state index in [4.69, 9.17) is 25.8 Å². The van der Waals surface area contributed by atoms with Crippen LogP contribution in [0.5, 0.6) is 23.1 Å². The number of nitriles is 1. The molecule has 2 aromatic carbocycles. The molecule has 0 aliphatic carbocycles. The molecule has 2 atom stereocenters. The van der Waals surface area contributed by atoms with E-state index in [0.29, 0.717) is 23.3 Å². The lowest BCUT2D eigenvalue weighted by Gasteiger charge is -2.18. The fraction of sp³-hybridized carbons (Fsp3) is 0.208. The van der Waals surface area contributed by atoms with Crippen LogP contribution in [0.2, 0.25) is 5.02 Å². The topological polar surface area (TPSA) is 81.4 Å². The number of hydrogen-bond acceptors (Lipinski definition) is 6. The maximum atomic E-state index is 12.9. The number of nitrogens with zero attached hydrogens (tertiary/aromatic N) is 2. The third-order valence-corrected chi connectivity index (χ3v) is 5.02. The molecule has 0 fully saturated rings. The SMILES string of the molecule is COc1ccccc1C(C#N)C(=O)C(C)Oc1ccc(Oc2ncc(C(F)(F)F)cc2Cl)cc1. The zero-order valence-corrected chi connectivity index (χ0v) is 18.7. The number of hydrogen-bond donors (Lipinski definition) is 0. The van der Waals surface area contributed by atoms with Crippen LogP contribution in [0, 0.1) is 11.3 Å². The lowest BCUT2D eigenvalue weighted by Crippen LogP contribution is -2.29. The van der Waals surface area contributed by atoms with Gasteiger partial charge in [0.05, 0.1) is 18.7 Å². The van der Waals surface area contributed by atoms with E-state index in [1.54, 1.807) is 24.3 Å². The van der Waals surface area contributed by atoms with Gasteiger partial charge in [0.1, 0.15) is 28.2 Å². The summed E-state index contributed by atoms with van der Waals surface area (Å²) in [5.74, 6) is -0.748. The van der Waals surface area contributed by atoms with Crippen LogP contribution >= 0.6 is 11.6 Å². The molecule has 176 valence electrons. The number of carbonyl (C=O) groups excluding carboxylic acids is 1. The number of carbonyl (C=O) groups is 1. The number of aromatic nitrogens is 1. The first kappa shape index (κ1) is 24.9. The van der Waals surface area contributed by atoms with Gasteiger partial charge in [-0.25, -0.2) is 4.98 Å². The first-order chi connectivity index (χ1) is 16.1. The number of para-hydroxylation sites is 1. The van der Waals surface area contributed by atoms with Crippen molar-refractivity contribution in [1.82, 2.24) is 4.98 Å². The van der Waals surface area contributed by atoms with Crippen LogP contribution in [-0.4, -0.2) is 24.0 Å². The molecule has 0 bridgehead atoms. The lowest BCUT2D eigenvalue weighted by molar-refractivity contribution is -0.137. The second-order valence-corrected chi connectivity index (χ2v) is 7.46. The Labute approximate surface area is 198 Å². The van der Waals surface area contributed by atoms with Gasteiger partial charge in [-0.3, -0.25) is 4.79 Å². The summed E-state index contributed by atoms with van der Waals surface area (Å²) < 4.78 is 54.6. The highest BCUT2D eigenvalue weighted by atomic mass is 35.5. The molecule has 0 radical (unpaired) electrons. The van der Waals surface area contributed by atoms with Crippen LogP contribution < -0.4 is 14.2 Å². The van der Waals surface area contributed by atoms with Crippen molar-refractivity contribution in [1.29, 1.82) is 5.26 Å². The smallest absolute Gasteiger partial charge is 0.417 e. The number of pyridine rings is 1. The number of rotatable bonds is 8. The summed E-state index contributed by atoms with van der Waals surface area (Å²) in [7, 11) is 1.45. The summed E-state index contributed by atoms with van der Waals surface area (Å²) in [6, 6.07) is 15.4. The maximum absolute atomic E-state index is 12.9. The minimum atomic E-state index is -4.57. The van der Waals surface area contributed by atoms with E-state index in [1.807, 2.05) is 6.07 Å². The minimum absolute atomic E-state index is 0.194. The number of methoxy groups -OCH3 is 1. The molecule has 0 aliphatic rings. The second kappa shape index (κ2) is 10.4. The average molecular weight is 491 g/mol. The molecule has 10 heteroatoms. The standard InChI is InChI=1S/C24H18ClF3N2O4/c1-14(22(31)19(12-29)18-5-3-4-6-21(18)32-2)33-16-7-9-17(10-8-16)34-23-20(25)11-15(13-30-23)24(26,27)28/h3-11,13-14,19H,1-2H3. The van der Waals surface area contributed by atoms with Gasteiger partial charge in [0, 0.05) is 11.8 Å². The lowest BCUT2D eigenvalue weighted by atomic mass is 9.92. The van der Waals surface area contributed by atoms with Crippen molar-refractivity contribution < 1.29 is 32.2 Å². The van der Waals surface area contributed by atoms with E-state index in [1.165, 1.54) is 38.3 Å². The molecule has 0 saturated carbocycles. The summed E-state index contributed by atoms with van der Waals surface area (Å²) in [6.07, 6.45) is -4.90. The van der Waals surface area contributed by atoms with E-state index in [9.17, 15) is 23.2 Å². The first-order valence-electron chi connectivity index (χ1n) is 9.87. The van der Waals surface area contributed by atoms with Gasteiger partial charge in [0.2, 0.25) is 5.88 Å². The Morgan fingerprint density at radius 2 is 1.76 bits per heavy atom. The van der Waals surface area contributed by atoms with Crippen LogP contribution in [0.15, 0.2) is 60.8 Å². The normalized spacial score (nSPS) is 12.9. The van der Waals surface area contributed by atoms with Gasteiger partial charge < -0.3 is 14.2 Å². The van der Waals surface area contributed by atoms with Crippen LogP contribution in [0.25, 0.3) is 0 Å². The Morgan fingerprint density at radius 3 is 2.35 bits per heavy atom. The monoisotopic (exact) mass is 490 g/mol. The van der Waals surface area contributed by atoms with Crippen molar-refractivity contribution in [3.8, 4) is 29.2 Å². The highest BCUT2D eigenvalue weighted by Crippen LogP contribution is 2.35. The van der Waals surface area contributed by atoms with E-state index in [-0.39, 0.29) is 16.7 Å². The Hall–Kier alpha value is -3.77. The van der Waals surface area contributed by atoms with Crippen LogP contribution in [-0.2, 0) is 11.0 Å². The zero-order valence-electron chi connectivity index (χ0n) is 18.0. The van der Waals surface area contributed by atoms with Crippen LogP contribution in [0.1, 0.15) is 24.0 Å². The van der Waals surface area contributed by atoms with Gasteiger partial charge >= 0.3 is 6.18 Å². The van der Waals surface area contributed by atoms with Gasteiger partial charge in [-0.1, -0.05) is 29.8 Å². The molecular weight excluding hydrogens is 473 g/mol. The first-order valence-corrected chi connectivity index (χ1v) is 10.3. The van der Waals surface area contributed by atoms with E-state index < -0.39 is 29.5 Å². The Kier molecular flexibility index (Phi) is 7.64. The predicted octanol–water partition coefficient (Wildman–Crippen LogP) is 6.20. The quantitative estimate of drug-likeness (QED) is 0.374. The third-order valence-electron chi connectivity index (χ3n) is 4.75. The van der Waals surface area contributed by atoms with Crippen molar-refractivity contribution in [2.45, 2.75) is 25.1 Å². The van der Waals surface area contributed by atoms with Gasteiger partial charge in [-0.05, 0) is 43.3 Å². The number of ether oxygens (including phenoxy) is 3. The van der Waals surface area contributed by atoms with E-state index >= 15 is 0 Å². The minimum Gasteiger partial charge on any atom is -0.496 e. The number of benzene rings is 2. The molecule has 0 saturated heterocycles. The van der Waals surface area contributed by atoms with Crippen molar-refractivity contribution >= 4 is 17.4 Å². The highest BCUT2D eigenvalue weighted by Gasteiger charge is 2.32. The zero-order chi connectivity index (χ0) is 24.9. The average Bonchev–Trinajstić information content (AvgIpc) is 2.81. The number of ketones is 1. The van der Waals surface area contributed by atoms with Gasteiger partial charge in [0.25, 0.3) is 0 Å². The summed E-state index contributed by atoms with van der Waals surface area (Å²) in [5.41, 5.74) is -0.548. The third kappa shape index (κ3) is 5.77. The largest absolute Gasteiger partial charge is 0.496 e. The molecule has 1 heterocycles. The molecule has 0 aliphatic heterocycles. The molecule has 3 aromatic rings. The summed E-state index contributed by atoms with van der Waals surface area (Å²) in [5, 5.41) is 9.27. The van der Waals surface area contributed by atoms with Crippen molar-refractivity contribution in [2.75, 3.05) is 7.11 Å². The molecular formula is C24H18ClF3N2O4. The Morgan fingerprint density at radius 1 is 1.12 bits per heavy atom. The second-order valence-electron chi connectivity index (χ2n) is 7.05. The summed E-state index contributed by atoms with van der Waals surface area (Å²) in [6.45, 7) is 1.53. The predicted molar refractivity (Wildman–Crippen MR) is 117 cm³/mol. The van der Waals surface area contributed by atoms with Crippen molar-refractivity contribution in [3.63, 3.8) is 0 Å². The van der Waals surface area contributed by atoms with Crippen LogP contribution in [0.3, 0.4) is 0 Å². The Bertz CT molecular complexity index is 1210. The summed E-state index contributed by atoms with van der Waals surface area (Å²) in [4.78, 5) is 16.5. The van der Waals surface area contributed by atoms with E-state index in [0.717, 1.165) is 6.07 Å². The summed E-state index contributed by atoms with van der Waals surface area (Å²) >= 11 is 5.85.